The monoisotopic (exact) mass is 640 g/mol. The van der Waals surface area contributed by atoms with Crippen molar-refractivity contribution in [2.75, 3.05) is 0 Å². The van der Waals surface area contributed by atoms with E-state index in [0.717, 1.165) is 50.7 Å². The highest BCUT2D eigenvalue weighted by Crippen LogP contribution is 2.64. The number of hydrogen-bond donors (Lipinski definition) is 0. The van der Waals surface area contributed by atoms with E-state index in [2.05, 4.69) is 146 Å². The van der Waals surface area contributed by atoms with E-state index < -0.39 is 0 Å². The average molecular weight is 641 g/mol. The molecule has 50 heavy (non-hydrogen) atoms. The van der Waals surface area contributed by atoms with Crippen LogP contribution in [-0.4, -0.2) is 9.97 Å². The maximum Gasteiger partial charge on any atom is 0.160 e. The Hall–Kier alpha value is -6.32. The molecule has 236 valence electrons. The Bertz CT molecular complexity index is 2420. The van der Waals surface area contributed by atoms with Crippen molar-refractivity contribution in [1.29, 1.82) is 0 Å². The Kier molecular flexibility index (Phi) is 6.53. The van der Waals surface area contributed by atoms with Gasteiger partial charge in [-0.05, 0) is 46.5 Å². The number of fused-ring (bicyclic) bond motifs is 9. The lowest BCUT2D eigenvalue weighted by Crippen LogP contribution is -2.37. The van der Waals surface area contributed by atoms with Crippen LogP contribution < -0.4 is 4.74 Å². The van der Waals surface area contributed by atoms with E-state index in [1.807, 2.05) is 36.4 Å². The number of rotatable bonds is 4. The molecule has 1 spiro atoms. The molecule has 3 unspecified atom stereocenters. The topological polar surface area (TPSA) is 35.0 Å². The van der Waals surface area contributed by atoms with Crippen molar-refractivity contribution >= 4 is 0 Å². The molecule has 3 heteroatoms. The van der Waals surface area contributed by atoms with E-state index in [9.17, 15) is 0 Å². The standard InChI is InChI=1S/C47H32N2O/c1-3-14-31(15-4-1)42-30-43(49-46(48-42)32-16-5-2-6-17-32)35-19-13-18-33(28-35)34-26-27-41-45(29-34)50-44-25-12-11-24-40(44)47(41)38-22-9-7-20-36(38)37-21-8-10-23-39(37)47/h1-30,36,38H. The van der Waals surface area contributed by atoms with Crippen LogP contribution in [0.1, 0.15) is 28.2 Å². The molecule has 0 saturated carbocycles. The summed E-state index contributed by atoms with van der Waals surface area (Å²) in [5.41, 5.74) is 11.9. The molecular weight excluding hydrogens is 609 g/mol. The molecule has 1 aliphatic heterocycles. The molecule has 0 amide bonds. The summed E-state index contributed by atoms with van der Waals surface area (Å²) in [6, 6.07) is 55.7. The maximum absolute atomic E-state index is 6.80. The third-order valence-electron chi connectivity index (χ3n) is 10.6. The van der Waals surface area contributed by atoms with Gasteiger partial charge in [-0.2, -0.15) is 0 Å². The van der Waals surface area contributed by atoms with Crippen molar-refractivity contribution in [3.05, 3.63) is 204 Å². The van der Waals surface area contributed by atoms with Gasteiger partial charge in [0.1, 0.15) is 11.5 Å². The van der Waals surface area contributed by atoms with Crippen molar-refractivity contribution < 1.29 is 4.74 Å². The third-order valence-corrected chi connectivity index (χ3v) is 10.6. The van der Waals surface area contributed by atoms with Gasteiger partial charge in [-0.15, -0.1) is 0 Å². The van der Waals surface area contributed by atoms with E-state index in [1.165, 1.54) is 22.3 Å². The van der Waals surface area contributed by atoms with Crippen molar-refractivity contribution in [3.63, 3.8) is 0 Å². The summed E-state index contributed by atoms with van der Waals surface area (Å²) in [6.45, 7) is 0. The van der Waals surface area contributed by atoms with Gasteiger partial charge in [-0.1, -0.05) is 158 Å². The summed E-state index contributed by atoms with van der Waals surface area (Å²) >= 11 is 0. The number of aromatic nitrogens is 2. The second-order valence-corrected chi connectivity index (χ2v) is 13.3. The molecule has 1 aromatic heterocycles. The van der Waals surface area contributed by atoms with Crippen LogP contribution in [-0.2, 0) is 5.41 Å². The van der Waals surface area contributed by atoms with Crippen LogP contribution in [0.25, 0.3) is 45.0 Å². The second-order valence-electron chi connectivity index (χ2n) is 13.3. The molecule has 2 heterocycles. The average Bonchev–Trinajstić information content (AvgIpc) is 3.49. The first-order valence-electron chi connectivity index (χ1n) is 17.2. The zero-order valence-electron chi connectivity index (χ0n) is 27.3. The van der Waals surface area contributed by atoms with E-state index in [0.29, 0.717) is 11.7 Å². The normalized spacial score (nSPS) is 19.3. The lowest BCUT2D eigenvalue weighted by Gasteiger charge is -2.43. The summed E-state index contributed by atoms with van der Waals surface area (Å²) < 4.78 is 6.80. The molecule has 3 nitrogen and oxygen atoms in total. The number of nitrogens with zero attached hydrogens (tertiary/aromatic N) is 2. The fourth-order valence-corrected chi connectivity index (χ4v) is 8.48. The zero-order chi connectivity index (χ0) is 33.1. The van der Waals surface area contributed by atoms with Gasteiger partial charge in [0, 0.05) is 39.7 Å². The smallest absolute Gasteiger partial charge is 0.160 e. The summed E-state index contributed by atoms with van der Waals surface area (Å²) in [4.78, 5) is 10.1. The number of allylic oxidation sites excluding steroid dienone is 4. The highest BCUT2D eigenvalue weighted by Gasteiger charge is 2.56. The van der Waals surface area contributed by atoms with Crippen molar-refractivity contribution in [2.45, 2.75) is 11.3 Å². The highest BCUT2D eigenvalue weighted by molar-refractivity contribution is 5.78. The summed E-state index contributed by atoms with van der Waals surface area (Å²) in [6.07, 6.45) is 9.19. The summed E-state index contributed by atoms with van der Waals surface area (Å²) in [7, 11) is 0. The van der Waals surface area contributed by atoms with Gasteiger partial charge in [0.15, 0.2) is 5.82 Å². The number of ether oxygens (including phenoxy) is 1. The molecule has 0 bridgehead atoms. The Morgan fingerprint density at radius 2 is 1.06 bits per heavy atom. The van der Waals surface area contributed by atoms with Crippen molar-refractivity contribution in [1.82, 2.24) is 9.97 Å². The van der Waals surface area contributed by atoms with Crippen LogP contribution in [0.4, 0.5) is 0 Å². The predicted octanol–water partition coefficient (Wildman–Crippen LogP) is 11.4. The van der Waals surface area contributed by atoms with Gasteiger partial charge >= 0.3 is 0 Å². The largest absolute Gasteiger partial charge is 0.457 e. The van der Waals surface area contributed by atoms with Crippen molar-refractivity contribution in [2.24, 2.45) is 5.92 Å². The Balaban J connectivity index is 1.11. The van der Waals surface area contributed by atoms with Crippen LogP contribution in [0.3, 0.4) is 0 Å². The minimum Gasteiger partial charge on any atom is -0.457 e. The van der Waals surface area contributed by atoms with Crippen LogP contribution in [0.5, 0.6) is 11.5 Å². The zero-order valence-corrected chi connectivity index (χ0v) is 27.3. The van der Waals surface area contributed by atoms with Crippen LogP contribution in [0, 0.1) is 5.92 Å². The minimum atomic E-state index is -0.351. The van der Waals surface area contributed by atoms with Crippen molar-refractivity contribution in [3.8, 4) is 56.5 Å². The lowest BCUT2D eigenvalue weighted by atomic mass is 9.62. The molecule has 3 aliphatic rings. The van der Waals surface area contributed by atoms with Crippen LogP contribution >= 0.6 is 0 Å². The van der Waals surface area contributed by atoms with Gasteiger partial charge in [0.25, 0.3) is 0 Å². The summed E-state index contributed by atoms with van der Waals surface area (Å²) in [5, 5.41) is 0. The fourth-order valence-electron chi connectivity index (χ4n) is 8.48. The molecule has 3 atom stereocenters. The Morgan fingerprint density at radius 1 is 0.440 bits per heavy atom. The molecule has 0 radical (unpaired) electrons. The number of benzene rings is 6. The third kappa shape index (κ3) is 4.37. The van der Waals surface area contributed by atoms with Gasteiger partial charge in [0.2, 0.25) is 0 Å². The first-order chi connectivity index (χ1) is 24.8. The minimum absolute atomic E-state index is 0.248. The quantitative estimate of drug-likeness (QED) is 0.192. The first-order valence-corrected chi connectivity index (χ1v) is 17.2. The predicted molar refractivity (Wildman–Crippen MR) is 201 cm³/mol. The van der Waals surface area contributed by atoms with Gasteiger partial charge in [-0.3, -0.25) is 0 Å². The highest BCUT2D eigenvalue weighted by atomic mass is 16.5. The van der Waals surface area contributed by atoms with Gasteiger partial charge in [0.05, 0.1) is 16.8 Å². The molecule has 0 fully saturated rings. The fraction of sp³-hybridized carbons (Fsp3) is 0.0638. The molecule has 0 saturated heterocycles. The van der Waals surface area contributed by atoms with E-state index in [1.54, 1.807) is 0 Å². The first kappa shape index (κ1) is 28.7. The maximum atomic E-state index is 6.80. The molecule has 10 rings (SSSR count). The Labute approximate surface area is 291 Å². The van der Waals surface area contributed by atoms with E-state index in [-0.39, 0.29) is 11.3 Å². The molecular formula is C47H32N2O. The second kappa shape index (κ2) is 11.4. The van der Waals surface area contributed by atoms with E-state index >= 15 is 0 Å². The summed E-state index contributed by atoms with van der Waals surface area (Å²) in [5.74, 6) is 3.09. The molecule has 7 aromatic rings. The van der Waals surface area contributed by atoms with Gasteiger partial charge < -0.3 is 4.74 Å². The SMILES string of the molecule is C1=CC2c3ccccc3C3(c4ccccc4Oc4cc(-c5cccc(-c6cc(-c7ccccc7)nc(-c7ccccc7)n6)c5)ccc43)C2C=C1. The number of hydrogen-bond acceptors (Lipinski definition) is 3. The van der Waals surface area contributed by atoms with Crippen LogP contribution in [0.2, 0.25) is 0 Å². The lowest BCUT2D eigenvalue weighted by molar-refractivity contribution is 0.374. The van der Waals surface area contributed by atoms with Crippen LogP contribution in [0.15, 0.2) is 182 Å². The molecule has 0 N–H and O–H groups in total. The molecule has 2 aliphatic carbocycles. The Morgan fingerprint density at radius 3 is 1.90 bits per heavy atom. The molecule has 6 aromatic carbocycles. The van der Waals surface area contributed by atoms with E-state index in [4.69, 9.17) is 14.7 Å². The number of para-hydroxylation sites is 1. The van der Waals surface area contributed by atoms with Gasteiger partial charge in [-0.25, -0.2) is 9.97 Å².